The number of aromatic nitrogens is 4. The number of alkyl halides is 3. The van der Waals surface area contributed by atoms with Gasteiger partial charge in [0.2, 0.25) is 0 Å². The third-order valence-corrected chi connectivity index (χ3v) is 5.47. The zero-order valence-electron chi connectivity index (χ0n) is 15.5. The van der Waals surface area contributed by atoms with Gasteiger partial charge in [0, 0.05) is 50.0 Å². The number of morpholine rings is 1. The maximum atomic E-state index is 13.0. The van der Waals surface area contributed by atoms with Crippen molar-refractivity contribution in [3.63, 3.8) is 0 Å². The Morgan fingerprint density at radius 2 is 1.86 bits per heavy atom. The first kappa shape index (κ1) is 18.2. The first-order chi connectivity index (χ1) is 14.0. The molecule has 10 heteroatoms. The molecule has 152 valence electrons. The standard InChI is InChI=1S/C19H19F3N6O/c20-19(21,22)12-10-28(11-12)15-9-16(27-5-7-29-8-6-27)25-17-13(15)1-3-23-18(17)14-2-4-24-26-14/h1-4,9,12H,5-8,10-11H2,(H,24,26). The highest BCUT2D eigenvalue weighted by Crippen LogP contribution is 2.41. The fourth-order valence-electron chi connectivity index (χ4n) is 3.80. The van der Waals surface area contributed by atoms with Gasteiger partial charge in [0.15, 0.2) is 0 Å². The minimum atomic E-state index is -4.17. The molecule has 3 aromatic rings. The number of hydrogen-bond donors (Lipinski definition) is 1. The van der Waals surface area contributed by atoms with E-state index >= 15 is 0 Å². The second-order valence-corrected chi connectivity index (χ2v) is 7.27. The Bertz CT molecular complexity index is 1010. The second-order valence-electron chi connectivity index (χ2n) is 7.27. The van der Waals surface area contributed by atoms with Crippen molar-refractivity contribution in [2.45, 2.75) is 6.18 Å². The second kappa shape index (κ2) is 6.87. The molecular weight excluding hydrogens is 385 g/mol. The number of anilines is 2. The largest absolute Gasteiger partial charge is 0.395 e. The summed E-state index contributed by atoms with van der Waals surface area (Å²) in [5.41, 5.74) is 2.74. The van der Waals surface area contributed by atoms with Crippen molar-refractivity contribution in [2.24, 2.45) is 5.92 Å². The molecule has 5 rings (SSSR count). The Labute approximate surface area is 164 Å². The average Bonchev–Trinajstić information content (AvgIpc) is 3.20. The van der Waals surface area contributed by atoms with Crippen LogP contribution < -0.4 is 9.80 Å². The van der Waals surface area contributed by atoms with Crippen molar-refractivity contribution >= 4 is 22.4 Å². The van der Waals surface area contributed by atoms with Gasteiger partial charge in [-0.15, -0.1) is 0 Å². The number of fused-ring (bicyclic) bond motifs is 1. The lowest BCUT2D eigenvalue weighted by Gasteiger charge is -2.42. The molecule has 1 N–H and O–H groups in total. The maximum Gasteiger partial charge on any atom is 0.395 e. The van der Waals surface area contributed by atoms with Crippen LogP contribution in [0.25, 0.3) is 22.3 Å². The molecular formula is C19H19F3N6O. The van der Waals surface area contributed by atoms with E-state index in [1.54, 1.807) is 23.4 Å². The van der Waals surface area contributed by atoms with E-state index < -0.39 is 12.1 Å². The highest BCUT2D eigenvalue weighted by atomic mass is 19.4. The Morgan fingerprint density at radius 3 is 2.55 bits per heavy atom. The molecule has 2 saturated heterocycles. The molecule has 0 atom stereocenters. The molecule has 3 aromatic heterocycles. The summed E-state index contributed by atoms with van der Waals surface area (Å²) in [6.45, 7) is 2.45. The minimum absolute atomic E-state index is 0.0487. The van der Waals surface area contributed by atoms with E-state index in [9.17, 15) is 13.2 Å². The van der Waals surface area contributed by atoms with Crippen LogP contribution in [0.15, 0.2) is 30.6 Å². The fraction of sp³-hybridized carbons (Fsp3) is 0.421. The van der Waals surface area contributed by atoms with Crippen molar-refractivity contribution in [1.82, 2.24) is 20.2 Å². The predicted octanol–water partition coefficient (Wildman–Crippen LogP) is 2.86. The van der Waals surface area contributed by atoms with Crippen molar-refractivity contribution in [3.05, 3.63) is 30.6 Å². The van der Waals surface area contributed by atoms with Gasteiger partial charge in [-0.05, 0) is 12.1 Å². The van der Waals surface area contributed by atoms with Crippen LogP contribution in [0.5, 0.6) is 0 Å². The van der Waals surface area contributed by atoms with E-state index in [0.29, 0.717) is 43.2 Å². The Kier molecular flexibility index (Phi) is 4.30. The molecule has 0 radical (unpaired) electrons. The molecule has 29 heavy (non-hydrogen) atoms. The number of nitrogens with one attached hydrogen (secondary N) is 1. The summed E-state index contributed by atoms with van der Waals surface area (Å²) in [4.78, 5) is 13.2. The molecule has 0 amide bonds. The number of ether oxygens (including phenoxy) is 1. The van der Waals surface area contributed by atoms with E-state index in [-0.39, 0.29) is 13.1 Å². The Morgan fingerprint density at radius 1 is 1.07 bits per heavy atom. The predicted molar refractivity (Wildman–Crippen MR) is 102 cm³/mol. The zero-order chi connectivity index (χ0) is 20.0. The number of halogens is 3. The molecule has 0 unspecified atom stereocenters. The summed E-state index contributed by atoms with van der Waals surface area (Å²) in [7, 11) is 0. The molecule has 0 spiro atoms. The number of H-pyrrole nitrogens is 1. The lowest BCUT2D eigenvalue weighted by molar-refractivity contribution is -0.180. The molecule has 2 aliphatic rings. The minimum Gasteiger partial charge on any atom is -0.378 e. The van der Waals surface area contributed by atoms with Crippen LogP contribution in [-0.4, -0.2) is 65.7 Å². The highest BCUT2D eigenvalue weighted by molar-refractivity contribution is 6.00. The third-order valence-electron chi connectivity index (χ3n) is 5.47. The van der Waals surface area contributed by atoms with Gasteiger partial charge in [-0.2, -0.15) is 18.3 Å². The van der Waals surface area contributed by atoms with Gasteiger partial charge in [0.1, 0.15) is 17.0 Å². The van der Waals surface area contributed by atoms with Gasteiger partial charge in [-0.1, -0.05) is 0 Å². The average molecular weight is 404 g/mol. The molecule has 0 aromatic carbocycles. The third kappa shape index (κ3) is 3.27. The number of rotatable bonds is 3. The van der Waals surface area contributed by atoms with Crippen LogP contribution in [0.3, 0.4) is 0 Å². The van der Waals surface area contributed by atoms with Crippen molar-refractivity contribution < 1.29 is 17.9 Å². The smallest absolute Gasteiger partial charge is 0.378 e. The summed E-state index contributed by atoms with van der Waals surface area (Å²) in [6, 6.07) is 5.49. The van der Waals surface area contributed by atoms with Crippen LogP contribution in [0.4, 0.5) is 24.7 Å². The van der Waals surface area contributed by atoms with E-state index in [2.05, 4.69) is 20.1 Å². The van der Waals surface area contributed by atoms with Crippen molar-refractivity contribution in [3.8, 4) is 11.4 Å². The normalized spacial score (nSPS) is 18.3. The molecule has 0 saturated carbocycles. The summed E-state index contributed by atoms with van der Waals surface area (Å²) in [6.07, 6.45) is -0.889. The Hall–Kier alpha value is -2.88. The summed E-state index contributed by atoms with van der Waals surface area (Å²) in [5.74, 6) is -0.577. The topological polar surface area (TPSA) is 70.2 Å². The first-order valence-electron chi connectivity index (χ1n) is 9.44. The molecule has 0 aliphatic carbocycles. The Balaban J connectivity index is 1.62. The molecule has 0 bridgehead atoms. The fourth-order valence-corrected chi connectivity index (χ4v) is 3.80. The highest BCUT2D eigenvalue weighted by Gasteiger charge is 2.47. The molecule has 2 fully saturated rings. The zero-order valence-corrected chi connectivity index (χ0v) is 15.5. The summed E-state index contributed by atoms with van der Waals surface area (Å²) < 4.78 is 44.5. The summed E-state index contributed by atoms with van der Waals surface area (Å²) in [5, 5.41) is 7.66. The molecule has 7 nitrogen and oxygen atoms in total. The van der Waals surface area contributed by atoms with E-state index in [1.807, 2.05) is 12.1 Å². The summed E-state index contributed by atoms with van der Waals surface area (Å²) >= 11 is 0. The van der Waals surface area contributed by atoms with Crippen LogP contribution in [0.1, 0.15) is 0 Å². The van der Waals surface area contributed by atoms with Crippen LogP contribution in [-0.2, 0) is 4.74 Å². The van der Waals surface area contributed by atoms with Gasteiger partial charge in [-0.25, -0.2) is 4.98 Å². The maximum absolute atomic E-state index is 13.0. The van der Waals surface area contributed by atoms with Gasteiger partial charge in [0.25, 0.3) is 0 Å². The molecule has 5 heterocycles. The molecule has 2 aliphatic heterocycles. The van der Waals surface area contributed by atoms with Crippen molar-refractivity contribution in [2.75, 3.05) is 49.2 Å². The lowest BCUT2D eigenvalue weighted by Crippen LogP contribution is -2.53. The van der Waals surface area contributed by atoms with E-state index in [4.69, 9.17) is 9.72 Å². The van der Waals surface area contributed by atoms with Gasteiger partial charge in [-0.3, -0.25) is 10.1 Å². The number of nitrogens with zero attached hydrogens (tertiary/aromatic N) is 5. The van der Waals surface area contributed by atoms with E-state index in [1.165, 1.54) is 0 Å². The SMILES string of the molecule is FC(F)(F)C1CN(c2cc(N3CCOCC3)nc3c(-c4ccn[nH]4)nccc23)C1. The van der Waals surface area contributed by atoms with Crippen molar-refractivity contribution in [1.29, 1.82) is 0 Å². The number of hydrogen-bond acceptors (Lipinski definition) is 6. The van der Waals surface area contributed by atoms with Gasteiger partial charge in [0.05, 0.1) is 30.5 Å². The van der Waals surface area contributed by atoms with Crippen LogP contribution >= 0.6 is 0 Å². The monoisotopic (exact) mass is 404 g/mol. The first-order valence-corrected chi connectivity index (χ1v) is 9.44. The van der Waals surface area contributed by atoms with Gasteiger partial charge >= 0.3 is 6.18 Å². The van der Waals surface area contributed by atoms with E-state index in [0.717, 1.165) is 16.9 Å². The quantitative estimate of drug-likeness (QED) is 0.724. The van der Waals surface area contributed by atoms with Crippen LogP contribution in [0.2, 0.25) is 0 Å². The van der Waals surface area contributed by atoms with Gasteiger partial charge < -0.3 is 14.5 Å². The number of pyridine rings is 2. The van der Waals surface area contributed by atoms with Crippen LogP contribution in [0, 0.1) is 5.92 Å². The number of aromatic amines is 1. The lowest BCUT2D eigenvalue weighted by atomic mass is 9.97.